The van der Waals surface area contributed by atoms with Crippen molar-refractivity contribution in [2.24, 2.45) is 0 Å². The van der Waals surface area contributed by atoms with Crippen molar-refractivity contribution in [2.75, 3.05) is 16.8 Å². The van der Waals surface area contributed by atoms with Crippen LogP contribution in [-0.2, 0) is 40.0 Å². The molecule has 0 aliphatic rings. The molecule has 2 amide bonds. The number of nitrogens with zero attached hydrogens (tertiary/aromatic N) is 2. The number of halogens is 3. The molecule has 0 radical (unpaired) electrons. The minimum Gasteiger partial charge on any atom is -0.383 e. The van der Waals surface area contributed by atoms with Gasteiger partial charge in [-0.25, -0.2) is 9.78 Å². The number of urea groups is 1. The monoisotopic (exact) mass is 686 g/mol. The number of anilines is 3. The van der Waals surface area contributed by atoms with Crippen molar-refractivity contribution in [3.05, 3.63) is 93.6 Å². The van der Waals surface area contributed by atoms with Crippen LogP contribution in [0.4, 0.5) is 26.1 Å². The summed E-state index contributed by atoms with van der Waals surface area (Å²) in [6, 6.07) is 17.1. The number of nitrogen functional groups attached to an aromatic ring is 2. The van der Waals surface area contributed by atoms with Crippen LogP contribution in [0.25, 0.3) is 11.1 Å². The van der Waals surface area contributed by atoms with Gasteiger partial charge in [0.05, 0.1) is 15.7 Å². The minimum atomic E-state index is -4.87. The molecule has 44 heavy (non-hydrogen) atoms. The molecule has 1 heterocycles. The van der Waals surface area contributed by atoms with E-state index in [1.807, 2.05) is 24.3 Å². The average molecular weight is 688 g/mol. The summed E-state index contributed by atoms with van der Waals surface area (Å²) >= 11 is 12.2. The molecule has 4 rings (SSSR count). The third kappa shape index (κ3) is 10.9. The van der Waals surface area contributed by atoms with E-state index in [9.17, 15) is 17.1 Å². The lowest BCUT2D eigenvalue weighted by Crippen LogP contribution is -2.28. The lowest BCUT2D eigenvalue weighted by atomic mass is 9.99. The van der Waals surface area contributed by atoms with Crippen LogP contribution < -0.4 is 22.1 Å². The molecular weight excluding hydrogens is 662 g/mol. The van der Waals surface area contributed by atoms with E-state index in [0.29, 0.717) is 34.1 Å². The highest BCUT2D eigenvalue weighted by Gasteiger charge is 2.16. The van der Waals surface area contributed by atoms with Crippen molar-refractivity contribution in [2.45, 2.75) is 24.3 Å². The van der Waals surface area contributed by atoms with E-state index < -0.39 is 31.5 Å². The van der Waals surface area contributed by atoms with Crippen LogP contribution in [-0.4, -0.2) is 41.9 Å². The highest BCUT2D eigenvalue weighted by atomic mass is 35.5. The molecule has 0 aliphatic carbocycles. The maximum Gasteiger partial charge on any atom is 0.394 e. The van der Waals surface area contributed by atoms with E-state index in [2.05, 4.69) is 20.6 Å². The number of aryl methyl sites for hydroxylation is 2. The van der Waals surface area contributed by atoms with E-state index in [4.69, 9.17) is 52.2 Å². The fraction of sp³-hybridized carbons (Fsp3) is 0.115. The van der Waals surface area contributed by atoms with Crippen LogP contribution in [0.2, 0.25) is 10.0 Å². The molecule has 4 aromatic rings. The first kappa shape index (κ1) is 34.4. The second-order valence-electron chi connectivity index (χ2n) is 8.96. The van der Waals surface area contributed by atoms with E-state index in [1.165, 1.54) is 12.1 Å². The van der Waals surface area contributed by atoms with Crippen molar-refractivity contribution in [1.29, 1.82) is 0 Å². The number of rotatable bonds is 8. The number of aromatic nitrogens is 2. The molecule has 3 aromatic carbocycles. The highest BCUT2D eigenvalue weighted by molar-refractivity contribution is 7.86. The Morgan fingerprint density at radius 3 is 2.11 bits per heavy atom. The zero-order valence-corrected chi connectivity index (χ0v) is 25.6. The molecule has 0 bridgehead atoms. The van der Waals surface area contributed by atoms with Gasteiger partial charge in [-0.05, 0) is 59.9 Å². The smallest absolute Gasteiger partial charge is 0.383 e. The summed E-state index contributed by atoms with van der Waals surface area (Å²) in [7, 11) is -9.54. The highest BCUT2D eigenvalue weighted by Crippen LogP contribution is 2.33. The average Bonchev–Trinajstić information content (AvgIpc) is 2.91. The molecule has 13 nitrogen and oxygen atoms in total. The first-order valence-electron chi connectivity index (χ1n) is 12.2. The number of benzene rings is 3. The Morgan fingerprint density at radius 1 is 0.864 bits per heavy atom. The van der Waals surface area contributed by atoms with Gasteiger partial charge in [0, 0.05) is 17.8 Å². The van der Waals surface area contributed by atoms with Gasteiger partial charge in [0.25, 0.3) is 0 Å². The minimum absolute atomic E-state index is 0.0732. The SMILES string of the molecule is Nc1nc(N)c(-c2ccc(Cl)c(Cl)c2)c(CCc2ccc(CNC(=O)Nc3cccc(S(=O)(=O)F)c3)cc2)n1.O=S(=O)(O)O. The van der Waals surface area contributed by atoms with Gasteiger partial charge in [-0.2, -0.15) is 21.8 Å². The zero-order chi connectivity index (χ0) is 32.7. The van der Waals surface area contributed by atoms with Crippen molar-refractivity contribution >= 4 is 67.3 Å². The maximum absolute atomic E-state index is 13.2. The van der Waals surface area contributed by atoms with E-state index in [0.717, 1.165) is 28.8 Å². The van der Waals surface area contributed by atoms with Crippen LogP contribution >= 0.6 is 23.2 Å². The number of amides is 2. The summed E-state index contributed by atoms with van der Waals surface area (Å²) in [6.07, 6.45) is 1.16. The van der Waals surface area contributed by atoms with Gasteiger partial charge in [0.15, 0.2) is 0 Å². The summed E-state index contributed by atoms with van der Waals surface area (Å²) in [5.41, 5.74) is 16.1. The first-order chi connectivity index (χ1) is 20.5. The van der Waals surface area contributed by atoms with E-state index >= 15 is 0 Å². The molecule has 0 unspecified atom stereocenters. The van der Waals surface area contributed by atoms with Gasteiger partial charge in [-0.1, -0.05) is 59.6 Å². The summed E-state index contributed by atoms with van der Waals surface area (Å²) in [5.74, 6) is 0.317. The summed E-state index contributed by atoms with van der Waals surface area (Å²) in [4.78, 5) is 20.2. The molecule has 0 aliphatic heterocycles. The lowest BCUT2D eigenvalue weighted by molar-refractivity contribution is 0.251. The Hall–Kier alpha value is -4.06. The number of hydrogen-bond acceptors (Lipinski definition) is 9. The van der Waals surface area contributed by atoms with Gasteiger partial charge in [0.2, 0.25) is 5.95 Å². The van der Waals surface area contributed by atoms with E-state index in [1.54, 1.807) is 18.2 Å². The number of carbonyl (C=O) groups excluding carboxylic acids is 1. The molecule has 0 fully saturated rings. The first-order valence-corrected chi connectivity index (χ1v) is 15.8. The summed E-state index contributed by atoms with van der Waals surface area (Å²) < 4.78 is 66.9. The van der Waals surface area contributed by atoms with E-state index in [-0.39, 0.29) is 24.0 Å². The Labute approximate surface area is 262 Å². The largest absolute Gasteiger partial charge is 0.394 e. The van der Waals surface area contributed by atoms with Gasteiger partial charge in [-0.3, -0.25) is 9.11 Å². The van der Waals surface area contributed by atoms with Crippen molar-refractivity contribution in [1.82, 2.24) is 15.3 Å². The second-order valence-corrected chi connectivity index (χ2v) is 12.0. The van der Waals surface area contributed by atoms with Gasteiger partial charge in [-0.15, -0.1) is 3.89 Å². The topological polar surface area (TPSA) is 228 Å². The normalized spacial score (nSPS) is 11.3. The molecule has 234 valence electrons. The van der Waals surface area contributed by atoms with Crippen LogP contribution in [0.15, 0.2) is 71.6 Å². The Bertz CT molecular complexity index is 1870. The molecule has 0 spiro atoms. The number of nitrogens with two attached hydrogens (primary N) is 2. The number of hydrogen-bond donors (Lipinski definition) is 6. The Morgan fingerprint density at radius 2 is 1.50 bits per heavy atom. The quantitative estimate of drug-likeness (QED) is 0.110. The predicted octanol–water partition coefficient (Wildman–Crippen LogP) is 4.73. The summed E-state index contributed by atoms with van der Waals surface area (Å²) in [6.45, 7) is 0.216. The third-order valence-corrected chi connectivity index (χ3v) is 7.29. The molecule has 18 heteroatoms. The Kier molecular flexibility index (Phi) is 11.4. The van der Waals surface area contributed by atoms with Gasteiger partial charge in [0.1, 0.15) is 10.7 Å². The lowest BCUT2D eigenvalue weighted by Gasteiger charge is -2.13. The van der Waals surface area contributed by atoms with Gasteiger partial charge >= 0.3 is 26.7 Å². The molecular formula is C26H25Cl2FN6O7S2. The van der Waals surface area contributed by atoms with Crippen LogP contribution in [0, 0.1) is 0 Å². The van der Waals surface area contributed by atoms with Crippen LogP contribution in [0.5, 0.6) is 0 Å². The number of nitrogens with one attached hydrogen (secondary N) is 2. The van der Waals surface area contributed by atoms with Crippen LogP contribution in [0.1, 0.15) is 16.8 Å². The standard InChI is InChI=1S/C26H23Cl2FN6O3S.H2O4S/c27-20-10-9-17(12-21(20)28)23-22(34-25(31)35-24(23)30)11-8-15-4-6-16(7-5-15)14-32-26(36)33-18-2-1-3-19(13-18)39(29,37)38;1-5(2,3)4/h1-7,9-10,12-13H,8,11,14H2,(H2,32,33,36)(H4,30,31,34,35);(H2,1,2,3,4). The molecule has 0 saturated heterocycles. The van der Waals surface area contributed by atoms with Gasteiger partial charge < -0.3 is 22.1 Å². The van der Waals surface area contributed by atoms with Crippen molar-refractivity contribution in [3.63, 3.8) is 0 Å². The molecule has 1 aromatic heterocycles. The zero-order valence-electron chi connectivity index (χ0n) is 22.4. The Balaban J connectivity index is 0.000000978. The second kappa shape index (κ2) is 14.6. The molecule has 0 saturated carbocycles. The van der Waals surface area contributed by atoms with Crippen LogP contribution in [0.3, 0.4) is 0 Å². The number of carbonyl (C=O) groups is 1. The summed E-state index contributed by atoms with van der Waals surface area (Å²) in [5, 5.41) is 5.96. The predicted molar refractivity (Wildman–Crippen MR) is 165 cm³/mol. The van der Waals surface area contributed by atoms with Crippen molar-refractivity contribution in [3.8, 4) is 11.1 Å². The molecule has 0 atom stereocenters. The van der Waals surface area contributed by atoms with Crippen molar-refractivity contribution < 1.29 is 34.6 Å². The fourth-order valence-corrected chi connectivity index (χ4v) is 4.67. The molecule has 8 N–H and O–H groups in total. The maximum atomic E-state index is 13.2. The third-order valence-electron chi connectivity index (χ3n) is 5.74. The fourth-order valence-electron chi connectivity index (χ4n) is 3.86.